The zero-order valence-electron chi connectivity index (χ0n) is 36.4. The molecule has 13 nitrogen and oxygen atoms in total. The second-order valence-corrected chi connectivity index (χ2v) is 21.1. The summed E-state index contributed by atoms with van der Waals surface area (Å²) in [5, 5.41) is 9.40. The van der Waals surface area contributed by atoms with Crippen molar-refractivity contribution in [3.8, 4) is 22.2 Å². The topological polar surface area (TPSA) is 169 Å². The van der Waals surface area contributed by atoms with E-state index in [1.807, 2.05) is 36.6 Å². The van der Waals surface area contributed by atoms with Crippen LogP contribution in [-0.2, 0) is 30.6 Å². The molecule has 0 unspecified atom stereocenters. The Balaban J connectivity index is 1.15. The molecule has 4 aliphatic rings. The molecule has 64 heavy (non-hydrogen) atoms. The van der Waals surface area contributed by atoms with Crippen molar-refractivity contribution in [2.75, 3.05) is 19.0 Å². The van der Waals surface area contributed by atoms with Crippen molar-refractivity contribution in [1.29, 1.82) is 0 Å². The van der Waals surface area contributed by atoms with Crippen LogP contribution in [0.3, 0.4) is 0 Å². The van der Waals surface area contributed by atoms with Crippen LogP contribution in [0.25, 0.3) is 21.6 Å². The van der Waals surface area contributed by atoms with Crippen molar-refractivity contribution in [3.05, 3.63) is 76.8 Å². The van der Waals surface area contributed by atoms with Gasteiger partial charge in [-0.15, -0.1) is 11.3 Å². The number of amides is 3. The number of ether oxygens (including phenoxy) is 2. The van der Waals surface area contributed by atoms with Gasteiger partial charge in [0.05, 0.1) is 35.2 Å². The van der Waals surface area contributed by atoms with Crippen LogP contribution in [-0.4, -0.2) is 83.1 Å². The Morgan fingerprint density at radius 1 is 1.05 bits per heavy atom. The van der Waals surface area contributed by atoms with E-state index in [0.29, 0.717) is 70.9 Å². The molecule has 4 aromatic rings. The number of fused-ring (bicyclic) bond motifs is 3. The van der Waals surface area contributed by atoms with Gasteiger partial charge in [0.25, 0.3) is 5.91 Å². The number of thiazole rings is 1. The molecule has 2 aromatic carbocycles. The molecular weight excluding hydrogens is 870 g/mol. The summed E-state index contributed by atoms with van der Waals surface area (Å²) >= 11 is 1.45. The highest BCUT2D eigenvalue weighted by Gasteiger charge is 2.63. The molecule has 3 N–H and O–H groups in total. The van der Waals surface area contributed by atoms with Gasteiger partial charge in [-0.25, -0.2) is 18.4 Å². The average molecular weight is 923 g/mol. The van der Waals surface area contributed by atoms with Gasteiger partial charge in [-0.1, -0.05) is 38.8 Å². The number of nitrogens with one attached hydrogen (secondary N) is 3. The Kier molecular flexibility index (Phi) is 12.2. The molecule has 3 amide bonds. The Morgan fingerprint density at radius 3 is 2.47 bits per heavy atom. The molecule has 2 aromatic heterocycles. The van der Waals surface area contributed by atoms with E-state index in [1.165, 1.54) is 28.4 Å². The minimum Gasteiger partial charge on any atom is -0.496 e. The second kappa shape index (κ2) is 17.3. The third kappa shape index (κ3) is 9.04. The highest BCUT2D eigenvalue weighted by atomic mass is 32.2. The second-order valence-electron chi connectivity index (χ2n) is 18.0. The van der Waals surface area contributed by atoms with Crippen molar-refractivity contribution in [2.24, 2.45) is 5.92 Å². The molecule has 18 heteroatoms. The van der Waals surface area contributed by atoms with Gasteiger partial charge in [0.1, 0.15) is 45.9 Å². The van der Waals surface area contributed by atoms with Gasteiger partial charge >= 0.3 is 6.18 Å². The number of nitrogens with zero attached hydrogens (tertiary/aromatic N) is 3. The Hall–Kier alpha value is -5.23. The molecule has 342 valence electrons. The molecule has 3 fully saturated rings. The van der Waals surface area contributed by atoms with Gasteiger partial charge in [-0.2, -0.15) is 13.2 Å². The van der Waals surface area contributed by atoms with Gasteiger partial charge in [0, 0.05) is 40.4 Å². The van der Waals surface area contributed by atoms with E-state index in [4.69, 9.17) is 19.4 Å². The molecule has 0 bridgehead atoms. The summed E-state index contributed by atoms with van der Waals surface area (Å²) in [7, 11) is -2.47. The zero-order valence-corrected chi connectivity index (χ0v) is 38.0. The number of halogens is 3. The number of hydrogen-bond donors (Lipinski definition) is 3. The molecule has 2 aliphatic carbocycles. The minimum atomic E-state index is -4.55. The first-order valence-electron chi connectivity index (χ1n) is 21.7. The number of allylic oxidation sites excluding steroid dienone is 1. The van der Waals surface area contributed by atoms with E-state index in [-0.39, 0.29) is 25.3 Å². The average Bonchev–Trinajstić information content (AvgIpc) is 4.02. The van der Waals surface area contributed by atoms with Crippen LogP contribution in [0.4, 0.5) is 18.9 Å². The number of carbonyl (C=O) groups excluding carboxylic acids is 3. The SMILES string of the molecule is COc1ccc2c(O[C@@H]3C[C@H]4C(=O)N[C@]5(C(=O)NS(=O)(=O)C6(C)CC6)C[C@H]5/C=C\CCCCC[C@H](Nc5ccc(C(F)(F)F)cc5)C(=O)N4C3)cc(-c3nc(C(C)C)cs3)nc2c1C. The van der Waals surface area contributed by atoms with Gasteiger partial charge in [0.2, 0.25) is 21.8 Å². The lowest BCUT2D eigenvalue weighted by Crippen LogP contribution is -2.58. The first-order chi connectivity index (χ1) is 30.3. The number of sulfonamides is 1. The number of benzene rings is 2. The maximum absolute atomic E-state index is 14.9. The quantitative estimate of drug-likeness (QED) is 0.132. The summed E-state index contributed by atoms with van der Waals surface area (Å²) in [6.45, 7) is 7.52. The molecule has 2 saturated carbocycles. The summed E-state index contributed by atoms with van der Waals surface area (Å²) in [6, 6.07) is 7.78. The largest absolute Gasteiger partial charge is 0.496 e. The lowest BCUT2D eigenvalue weighted by Gasteiger charge is -2.30. The van der Waals surface area contributed by atoms with E-state index in [0.717, 1.165) is 36.2 Å². The van der Waals surface area contributed by atoms with Crippen LogP contribution in [0.15, 0.2) is 60.0 Å². The fourth-order valence-electron chi connectivity index (χ4n) is 8.56. The van der Waals surface area contributed by atoms with Crippen LogP contribution in [0, 0.1) is 12.8 Å². The molecule has 1 saturated heterocycles. The minimum absolute atomic E-state index is 0.00217. The van der Waals surface area contributed by atoms with Crippen molar-refractivity contribution in [3.63, 3.8) is 0 Å². The summed E-state index contributed by atoms with van der Waals surface area (Å²) in [4.78, 5) is 55.0. The predicted molar refractivity (Wildman–Crippen MR) is 238 cm³/mol. The lowest BCUT2D eigenvalue weighted by molar-refractivity contribution is -0.140. The molecule has 4 heterocycles. The highest BCUT2D eigenvalue weighted by Crippen LogP contribution is 2.48. The van der Waals surface area contributed by atoms with Gasteiger partial charge in [0.15, 0.2) is 0 Å². The van der Waals surface area contributed by atoms with Crippen molar-refractivity contribution in [2.45, 2.75) is 126 Å². The number of methoxy groups -OCH3 is 1. The number of aromatic nitrogens is 2. The third-order valence-electron chi connectivity index (χ3n) is 13.0. The van der Waals surface area contributed by atoms with Crippen LogP contribution in [0.2, 0.25) is 0 Å². The predicted octanol–water partition coefficient (Wildman–Crippen LogP) is 8.04. The first-order valence-corrected chi connectivity index (χ1v) is 24.1. The maximum atomic E-state index is 14.9. The number of anilines is 1. The number of pyridine rings is 1. The number of alkyl halides is 3. The Bertz CT molecular complexity index is 2600. The summed E-state index contributed by atoms with van der Waals surface area (Å²) in [5.74, 6) is -1.20. The normalized spacial score (nSPS) is 25.4. The Morgan fingerprint density at radius 2 is 1.80 bits per heavy atom. The monoisotopic (exact) mass is 922 g/mol. The molecular formula is C46H53F3N6O7S2. The van der Waals surface area contributed by atoms with E-state index >= 15 is 0 Å². The molecule has 0 spiro atoms. The standard InChI is InChI=1S/C46H53F3N6O7S2/c1-26(2)35-25-63-41(52-35)34-22-38(32-17-18-37(61-5)27(3)39(32)51-34)62-31-21-36-40(56)53-45(43(58)54-64(59,60)44(4)19-20-44)23-29(45)11-9-7-6-8-10-12-33(42(57)55(36)24-31)50-30-15-13-28(14-16-30)46(47,48)49/h9,11,13-18,22,25-26,29,31,33,36,50H,6-8,10,12,19-21,23-24H2,1-5H3,(H,53,56)(H,54,58)/b11-9-/t29-,31-,33+,36+,45-/m1/s1. The lowest BCUT2D eigenvalue weighted by atomic mass is 10.0. The molecule has 8 rings (SSSR count). The van der Waals surface area contributed by atoms with Gasteiger partial charge in [-0.3, -0.25) is 19.1 Å². The highest BCUT2D eigenvalue weighted by molar-refractivity contribution is 7.91. The van der Waals surface area contributed by atoms with Gasteiger partial charge in [-0.05, 0) is 94.7 Å². The zero-order chi connectivity index (χ0) is 45.8. The molecule has 0 radical (unpaired) electrons. The van der Waals surface area contributed by atoms with E-state index in [9.17, 15) is 36.0 Å². The summed E-state index contributed by atoms with van der Waals surface area (Å²) in [6.07, 6.45) is 2.48. The van der Waals surface area contributed by atoms with E-state index < -0.39 is 73.9 Å². The van der Waals surface area contributed by atoms with Crippen LogP contribution >= 0.6 is 11.3 Å². The van der Waals surface area contributed by atoms with Crippen LogP contribution in [0.5, 0.6) is 11.5 Å². The van der Waals surface area contributed by atoms with Crippen molar-refractivity contribution in [1.82, 2.24) is 24.9 Å². The maximum Gasteiger partial charge on any atom is 0.416 e. The van der Waals surface area contributed by atoms with Crippen LogP contribution < -0.4 is 24.8 Å². The number of carbonyl (C=O) groups is 3. The van der Waals surface area contributed by atoms with E-state index in [2.05, 4.69) is 29.2 Å². The molecule has 2 aliphatic heterocycles. The molecule has 5 atom stereocenters. The fourth-order valence-corrected chi connectivity index (χ4v) is 10.8. The smallest absolute Gasteiger partial charge is 0.416 e. The van der Waals surface area contributed by atoms with Crippen molar-refractivity contribution < 1.29 is 45.4 Å². The summed E-state index contributed by atoms with van der Waals surface area (Å²) in [5.41, 5.74) is 0.754. The van der Waals surface area contributed by atoms with Crippen LogP contribution in [0.1, 0.15) is 101 Å². The third-order valence-corrected chi connectivity index (χ3v) is 16.1. The first kappa shape index (κ1) is 45.3. The number of aryl methyl sites for hydroxylation is 1. The number of hydrogen-bond acceptors (Lipinski definition) is 11. The summed E-state index contributed by atoms with van der Waals surface area (Å²) < 4.78 is 80.7. The fraction of sp³-hybridized carbons (Fsp3) is 0.500. The number of rotatable bonds is 10. The Labute approximate surface area is 374 Å². The van der Waals surface area contributed by atoms with Crippen molar-refractivity contribution >= 4 is 55.7 Å². The van der Waals surface area contributed by atoms with Gasteiger partial charge < -0.3 is 25.0 Å². The van der Waals surface area contributed by atoms with E-state index in [1.54, 1.807) is 20.1 Å².